The van der Waals surface area contributed by atoms with Crippen molar-refractivity contribution in [3.8, 4) is 0 Å². The smallest absolute Gasteiger partial charge is 0.164 e. The molecule has 4 nitrogen and oxygen atoms in total. The Bertz CT molecular complexity index is 553. The lowest BCUT2D eigenvalue weighted by Crippen LogP contribution is -2.22. The van der Waals surface area contributed by atoms with Crippen LogP contribution in [0.2, 0.25) is 5.02 Å². The Morgan fingerprint density at radius 3 is 2.95 bits per heavy atom. The number of nitrogens with zero attached hydrogens (tertiary/aromatic N) is 3. The molecular weight excluding hydrogens is 267 g/mol. The normalized spacial score (nSPS) is 11.2. The highest BCUT2D eigenvalue weighted by molar-refractivity contribution is 6.31. The van der Waals surface area contributed by atoms with Crippen LogP contribution in [0.15, 0.2) is 24.5 Å². The summed E-state index contributed by atoms with van der Waals surface area (Å²) in [6.07, 6.45) is 1.62. The number of aromatic nitrogens is 3. The molecule has 0 amide bonds. The fraction of sp³-hybridized carbons (Fsp3) is 0.385. The molecule has 102 valence electrons. The van der Waals surface area contributed by atoms with Gasteiger partial charge in [-0.25, -0.2) is 14.1 Å². The molecule has 2 aromatic rings. The summed E-state index contributed by atoms with van der Waals surface area (Å²) in [6.45, 7) is 5.14. The van der Waals surface area contributed by atoms with Crippen LogP contribution in [0.5, 0.6) is 0 Å². The molecule has 1 aromatic heterocycles. The highest BCUT2D eigenvalue weighted by atomic mass is 35.5. The minimum Gasteiger partial charge on any atom is -0.308 e. The quantitative estimate of drug-likeness (QED) is 0.917. The number of rotatable bonds is 5. The van der Waals surface area contributed by atoms with Crippen LogP contribution in [-0.4, -0.2) is 20.8 Å². The number of benzene rings is 1. The van der Waals surface area contributed by atoms with Gasteiger partial charge < -0.3 is 5.32 Å². The largest absolute Gasteiger partial charge is 0.308 e. The second-order valence-corrected chi connectivity index (χ2v) is 4.98. The monoisotopic (exact) mass is 282 g/mol. The van der Waals surface area contributed by atoms with Crippen LogP contribution in [0.25, 0.3) is 0 Å². The van der Waals surface area contributed by atoms with Gasteiger partial charge in [-0.15, -0.1) is 0 Å². The van der Waals surface area contributed by atoms with Crippen LogP contribution in [-0.2, 0) is 13.1 Å². The van der Waals surface area contributed by atoms with Gasteiger partial charge in [-0.05, 0) is 11.6 Å². The van der Waals surface area contributed by atoms with Gasteiger partial charge in [0.05, 0.1) is 18.1 Å². The summed E-state index contributed by atoms with van der Waals surface area (Å²) < 4.78 is 15.0. The van der Waals surface area contributed by atoms with Crippen molar-refractivity contribution in [3.05, 3.63) is 46.8 Å². The molecule has 6 heteroatoms. The van der Waals surface area contributed by atoms with Gasteiger partial charge in [-0.1, -0.05) is 37.6 Å². The van der Waals surface area contributed by atoms with E-state index in [0.717, 1.165) is 0 Å². The van der Waals surface area contributed by atoms with Crippen molar-refractivity contribution in [3.63, 3.8) is 0 Å². The lowest BCUT2D eigenvalue weighted by Gasteiger charge is -2.05. The van der Waals surface area contributed by atoms with Crippen LogP contribution in [0.4, 0.5) is 4.39 Å². The molecule has 0 saturated carbocycles. The zero-order valence-corrected chi connectivity index (χ0v) is 11.7. The van der Waals surface area contributed by atoms with Gasteiger partial charge in [0.1, 0.15) is 12.1 Å². The van der Waals surface area contributed by atoms with Gasteiger partial charge in [0.15, 0.2) is 5.82 Å². The Kier molecular flexibility index (Phi) is 4.50. The Hall–Kier alpha value is -1.46. The molecule has 0 unspecified atom stereocenters. The lowest BCUT2D eigenvalue weighted by atomic mass is 10.2. The summed E-state index contributed by atoms with van der Waals surface area (Å²) in [5.41, 5.74) is 0.690. The Morgan fingerprint density at radius 2 is 2.21 bits per heavy atom. The minimum atomic E-state index is -0.416. The number of hydrogen-bond acceptors (Lipinski definition) is 3. The molecule has 0 aliphatic carbocycles. The van der Waals surface area contributed by atoms with E-state index in [1.54, 1.807) is 23.1 Å². The second kappa shape index (κ2) is 6.12. The van der Waals surface area contributed by atoms with Crippen LogP contribution >= 0.6 is 11.6 Å². The average Bonchev–Trinajstić information content (AvgIpc) is 2.80. The highest BCUT2D eigenvalue weighted by Gasteiger charge is 2.08. The Morgan fingerprint density at radius 1 is 1.42 bits per heavy atom. The first kappa shape index (κ1) is 14.0. The van der Waals surface area contributed by atoms with Gasteiger partial charge in [0, 0.05) is 6.04 Å². The molecule has 0 spiro atoms. The first-order valence-corrected chi connectivity index (χ1v) is 6.48. The van der Waals surface area contributed by atoms with Crippen molar-refractivity contribution in [1.29, 1.82) is 0 Å². The molecule has 0 fully saturated rings. The molecule has 19 heavy (non-hydrogen) atoms. The zero-order valence-electron chi connectivity index (χ0n) is 10.9. The van der Waals surface area contributed by atoms with Crippen molar-refractivity contribution in [1.82, 2.24) is 20.1 Å². The van der Waals surface area contributed by atoms with E-state index in [-0.39, 0.29) is 5.02 Å². The summed E-state index contributed by atoms with van der Waals surface area (Å²) >= 11 is 5.90. The highest BCUT2D eigenvalue weighted by Crippen LogP contribution is 2.20. The summed E-state index contributed by atoms with van der Waals surface area (Å²) in [5, 5.41) is 7.68. The summed E-state index contributed by atoms with van der Waals surface area (Å²) in [6, 6.07) is 5.13. The Balaban J connectivity index is 2.05. The average molecular weight is 283 g/mol. The van der Waals surface area contributed by atoms with Crippen molar-refractivity contribution in [2.75, 3.05) is 0 Å². The zero-order chi connectivity index (χ0) is 13.8. The third-order valence-corrected chi connectivity index (χ3v) is 3.04. The van der Waals surface area contributed by atoms with Gasteiger partial charge in [-0.3, -0.25) is 0 Å². The van der Waals surface area contributed by atoms with Gasteiger partial charge in [-0.2, -0.15) is 5.10 Å². The maximum Gasteiger partial charge on any atom is 0.164 e. The van der Waals surface area contributed by atoms with E-state index < -0.39 is 5.82 Å². The maximum atomic E-state index is 13.3. The molecule has 0 atom stereocenters. The van der Waals surface area contributed by atoms with Crippen molar-refractivity contribution >= 4 is 11.6 Å². The molecular formula is C13H16ClFN4. The molecule has 2 rings (SSSR count). The fourth-order valence-corrected chi connectivity index (χ4v) is 1.82. The number of nitrogens with one attached hydrogen (secondary N) is 1. The van der Waals surface area contributed by atoms with Crippen LogP contribution < -0.4 is 5.32 Å². The molecule has 1 N–H and O–H groups in total. The molecule has 0 aliphatic rings. The van der Waals surface area contributed by atoms with E-state index in [2.05, 4.69) is 29.2 Å². The van der Waals surface area contributed by atoms with E-state index in [1.165, 1.54) is 6.07 Å². The summed E-state index contributed by atoms with van der Waals surface area (Å²) in [7, 11) is 0. The number of halogens is 2. The van der Waals surface area contributed by atoms with Gasteiger partial charge >= 0.3 is 0 Å². The molecule has 0 aliphatic heterocycles. The SMILES string of the molecule is CC(C)NCc1ncn(Cc2cccc(F)c2Cl)n1. The van der Waals surface area contributed by atoms with E-state index in [9.17, 15) is 4.39 Å². The lowest BCUT2D eigenvalue weighted by molar-refractivity contribution is 0.564. The predicted octanol–water partition coefficient (Wildman–Crippen LogP) is 2.62. The van der Waals surface area contributed by atoms with Crippen molar-refractivity contribution in [2.24, 2.45) is 0 Å². The van der Waals surface area contributed by atoms with Crippen LogP contribution in [0, 0.1) is 5.82 Å². The van der Waals surface area contributed by atoms with E-state index in [0.29, 0.717) is 30.5 Å². The van der Waals surface area contributed by atoms with Crippen LogP contribution in [0.1, 0.15) is 25.2 Å². The van der Waals surface area contributed by atoms with Crippen molar-refractivity contribution < 1.29 is 4.39 Å². The Labute approximate surface area is 116 Å². The van der Waals surface area contributed by atoms with E-state index >= 15 is 0 Å². The topological polar surface area (TPSA) is 42.7 Å². The molecule has 0 bridgehead atoms. The maximum absolute atomic E-state index is 13.3. The molecule has 0 radical (unpaired) electrons. The molecule has 1 aromatic carbocycles. The third kappa shape index (κ3) is 3.75. The van der Waals surface area contributed by atoms with E-state index in [1.807, 2.05) is 0 Å². The first-order chi connectivity index (χ1) is 9.06. The number of hydrogen-bond donors (Lipinski definition) is 1. The minimum absolute atomic E-state index is 0.139. The molecule has 1 heterocycles. The predicted molar refractivity (Wildman–Crippen MR) is 72.5 cm³/mol. The fourth-order valence-electron chi connectivity index (χ4n) is 1.63. The second-order valence-electron chi connectivity index (χ2n) is 4.61. The summed E-state index contributed by atoms with van der Waals surface area (Å²) in [4.78, 5) is 4.19. The standard InChI is InChI=1S/C13H16ClFN4/c1-9(2)16-6-12-17-8-19(18-12)7-10-4-3-5-11(15)13(10)14/h3-5,8-9,16H,6-7H2,1-2H3. The summed E-state index contributed by atoms with van der Waals surface area (Å²) in [5.74, 6) is 0.294. The first-order valence-electron chi connectivity index (χ1n) is 6.11. The van der Waals surface area contributed by atoms with Gasteiger partial charge in [0.2, 0.25) is 0 Å². The van der Waals surface area contributed by atoms with Crippen LogP contribution in [0.3, 0.4) is 0 Å². The van der Waals surface area contributed by atoms with Crippen molar-refractivity contribution in [2.45, 2.75) is 33.0 Å². The third-order valence-electron chi connectivity index (χ3n) is 2.62. The molecule has 0 saturated heterocycles. The van der Waals surface area contributed by atoms with E-state index in [4.69, 9.17) is 11.6 Å². The van der Waals surface area contributed by atoms with Gasteiger partial charge in [0.25, 0.3) is 0 Å².